The van der Waals surface area contributed by atoms with Crippen molar-refractivity contribution in [2.45, 2.75) is 55.0 Å². The molecule has 3 nitrogen and oxygen atoms in total. The first kappa shape index (κ1) is 12.0. The monoisotopic (exact) mass is 239 g/mol. The second-order valence-electron chi connectivity index (χ2n) is 4.63. The van der Waals surface area contributed by atoms with E-state index in [1.54, 1.807) is 0 Å². The van der Waals surface area contributed by atoms with Gasteiger partial charge in [0.2, 0.25) is 0 Å². The van der Waals surface area contributed by atoms with Gasteiger partial charge in [-0.3, -0.25) is 0 Å². The van der Waals surface area contributed by atoms with E-state index in [1.807, 2.05) is 31.2 Å². The van der Waals surface area contributed by atoms with Gasteiger partial charge in [-0.1, -0.05) is 37.4 Å². The molecule has 0 bridgehead atoms. The van der Waals surface area contributed by atoms with E-state index in [4.69, 9.17) is 5.73 Å². The van der Waals surface area contributed by atoms with Gasteiger partial charge in [0.05, 0.1) is 0 Å². The molecule has 0 spiro atoms. The number of imidazole rings is 1. The SMILES string of the molecule is Cn1ccnc1SC1CCCCCCC1N. The van der Waals surface area contributed by atoms with E-state index in [1.165, 1.54) is 38.5 Å². The summed E-state index contributed by atoms with van der Waals surface area (Å²) >= 11 is 1.86. The van der Waals surface area contributed by atoms with E-state index in [0.717, 1.165) is 5.16 Å². The summed E-state index contributed by atoms with van der Waals surface area (Å²) in [6, 6.07) is 0.335. The van der Waals surface area contributed by atoms with Crippen LogP contribution in [-0.2, 0) is 7.05 Å². The molecule has 16 heavy (non-hydrogen) atoms. The number of nitrogens with zero attached hydrogens (tertiary/aromatic N) is 2. The zero-order valence-electron chi connectivity index (χ0n) is 9.93. The number of thioether (sulfide) groups is 1. The van der Waals surface area contributed by atoms with Crippen LogP contribution in [0.4, 0.5) is 0 Å². The maximum atomic E-state index is 6.26. The van der Waals surface area contributed by atoms with Crippen molar-refractivity contribution in [1.29, 1.82) is 0 Å². The molecule has 1 aromatic rings. The van der Waals surface area contributed by atoms with Crippen LogP contribution in [0.3, 0.4) is 0 Å². The Morgan fingerprint density at radius 1 is 1.31 bits per heavy atom. The van der Waals surface area contributed by atoms with Crippen molar-refractivity contribution in [2.24, 2.45) is 12.8 Å². The minimum Gasteiger partial charge on any atom is -0.329 e. The maximum absolute atomic E-state index is 6.26. The Kier molecular flexibility index (Phi) is 4.29. The summed E-state index contributed by atoms with van der Waals surface area (Å²) in [5.41, 5.74) is 6.26. The van der Waals surface area contributed by atoms with Crippen LogP contribution < -0.4 is 5.73 Å². The van der Waals surface area contributed by atoms with Crippen molar-refractivity contribution in [1.82, 2.24) is 9.55 Å². The zero-order chi connectivity index (χ0) is 11.4. The molecule has 0 amide bonds. The predicted octanol–water partition coefficient (Wildman–Crippen LogP) is 2.56. The Hall–Kier alpha value is -0.480. The van der Waals surface area contributed by atoms with Gasteiger partial charge in [-0.05, 0) is 12.8 Å². The van der Waals surface area contributed by atoms with E-state index in [9.17, 15) is 0 Å². The number of nitrogens with two attached hydrogens (primary N) is 1. The lowest BCUT2D eigenvalue weighted by Gasteiger charge is -2.25. The van der Waals surface area contributed by atoms with Crippen molar-refractivity contribution >= 4 is 11.8 Å². The van der Waals surface area contributed by atoms with Gasteiger partial charge >= 0.3 is 0 Å². The fourth-order valence-corrected chi connectivity index (χ4v) is 3.44. The largest absolute Gasteiger partial charge is 0.329 e. The average molecular weight is 239 g/mol. The van der Waals surface area contributed by atoms with Crippen molar-refractivity contribution in [3.8, 4) is 0 Å². The first-order valence-corrected chi connectivity index (χ1v) is 7.05. The highest BCUT2D eigenvalue weighted by molar-refractivity contribution is 7.99. The van der Waals surface area contributed by atoms with Crippen LogP contribution in [0.2, 0.25) is 0 Å². The summed E-state index contributed by atoms with van der Waals surface area (Å²) in [6.45, 7) is 0. The number of aromatic nitrogens is 2. The van der Waals surface area contributed by atoms with Crippen molar-refractivity contribution < 1.29 is 0 Å². The number of aryl methyl sites for hydroxylation is 1. The van der Waals surface area contributed by atoms with Gasteiger partial charge in [0.15, 0.2) is 5.16 Å². The zero-order valence-corrected chi connectivity index (χ0v) is 10.7. The smallest absolute Gasteiger partial charge is 0.167 e. The topological polar surface area (TPSA) is 43.8 Å². The van der Waals surface area contributed by atoms with E-state index in [2.05, 4.69) is 9.55 Å². The standard InChI is InChI=1S/C12H21N3S/c1-15-9-8-14-12(15)16-11-7-5-3-2-4-6-10(11)13/h8-11H,2-7,13H2,1H3. The number of rotatable bonds is 2. The molecular weight excluding hydrogens is 218 g/mol. The van der Waals surface area contributed by atoms with Gasteiger partial charge in [-0.15, -0.1) is 0 Å². The molecule has 1 aromatic heterocycles. The number of hydrogen-bond donors (Lipinski definition) is 1. The number of hydrogen-bond acceptors (Lipinski definition) is 3. The van der Waals surface area contributed by atoms with Gasteiger partial charge in [0.1, 0.15) is 0 Å². The van der Waals surface area contributed by atoms with E-state index < -0.39 is 0 Å². The molecule has 1 saturated carbocycles. The molecule has 1 aliphatic carbocycles. The molecule has 0 radical (unpaired) electrons. The molecule has 2 rings (SSSR count). The summed E-state index contributed by atoms with van der Waals surface area (Å²) in [5.74, 6) is 0. The second kappa shape index (κ2) is 5.73. The first-order chi connectivity index (χ1) is 7.77. The lowest BCUT2D eigenvalue weighted by molar-refractivity contribution is 0.462. The Morgan fingerprint density at radius 3 is 2.75 bits per heavy atom. The maximum Gasteiger partial charge on any atom is 0.167 e. The molecule has 4 heteroatoms. The molecule has 90 valence electrons. The van der Waals surface area contributed by atoms with E-state index in [-0.39, 0.29) is 0 Å². The summed E-state index contributed by atoms with van der Waals surface area (Å²) < 4.78 is 2.08. The van der Waals surface area contributed by atoms with Crippen LogP contribution in [0.15, 0.2) is 17.6 Å². The Balaban J connectivity index is 1.98. The lowest BCUT2D eigenvalue weighted by Crippen LogP contribution is -2.33. The lowest BCUT2D eigenvalue weighted by atomic mass is 9.97. The highest BCUT2D eigenvalue weighted by atomic mass is 32.2. The molecule has 0 aromatic carbocycles. The predicted molar refractivity (Wildman–Crippen MR) is 68.5 cm³/mol. The van der Waals surface area contributed by atoms with Crippen LogP contribution in [0.1, 0.15) is 38.5 Å². The van der Waals surface area contributed by atoms with Gasteiger partial charge in [-0.2, -0.15) is 0 Å². The van der Waals surface area contributed by atoms with Crippen molar-refractivity contribution in [2.75, 3.05) is 0 Å². The molecule has 2 unspecified atom stereocenters. The highest BCUT2D eigenvalue weighted by Crippen LogP contribution is 2.30. The molecule has 1 aliphatic rings. The fraction of sp³-hybridized carbons (Fsp3) is 0.750. The Morgan fingerprint density at radius 2 is 2.06 bits per heavy atom. The molecule has 1 heterocycles. The van der Waals surface area contributed by atoms with Gasteiger partial charge in [0.25, 0.3) is 0 Å². The van der Waals surface area contributed by atoms with Crippen LogP contribution in [-0.4, -0.2) is 20.8 Å². The normalized spacial score (nSPS) is 27.4. The van der Waals surface area contributed by atoms with E-state index >= 15 is 0 Å². The second-order valence-corrected chi connectivity index (χ2v) is 5.84. The van der Waals surface area contributed by atoms with Crippen LogP contribution >= 0.6 is 11.8 Å². The van der Waals surface area contributed by atoms with Crippen LogP contribution in [0.25, 0.3) is 0 Å². The molecule has 2 N–H and O–H groups in total. The fourth-order valence-electron chi connectivity index (χ4n) is 2.23. The van der Waals surface area contributed by atoms with Crippen LogP contribution in [0.5, 0.6) is 0 Å². The molecular formula is C12H21N3S. The summed E-state index contributed by atoms with van der Waals surface area (Å²) in [5, 5.41) is 1.64. The molecule has 0 saturated heterocycles. The van der Waals surface area contributed by atoms with Gasteiger partial charge in [-0.25, -0.2) is 4.98 Å². The quantitative estimate of drug-likeness (QED) is 0.862. The minimum absolute atomic E-state index is 0.335. The average Bonchev–Trinajstić information content (AvgIpc) is 2.64. The highest BCUT2D eigenvalue weighted by Gasteiger charge is 2.21. The third kappa shape index (κ3) is 3.01. The van der Waals surface area contributed by atoms with Crippen LogP contribution in [0, 0.1) is 0 Å². The third-order valence-corrected chi connectivity index (χ3v) is 4.78. The molecule has 1 fully saturated rings. The first-order valence-electron chi connectivity index (χ1n) is 6.17. The summed E-state index contributed by atoms with van der Waals surface area (Å²) in [6.07, 6.45) is 11.6. The Bertz CT molecular complexity index is 324. The molecule has 2 atom stereocenters. The third-order valence-electron chi connectivity index (χ3n) is 3.29. The van der Waals surface area contributed by atoms with Gasteiger partial charge < -0.3 is 10.3 Å². The minimum atomic E-state index is 0.335. The summed E-state index contributed by atoms with van der Waals surface area (Å²) in [4.78, 5) is 4.37. The van der Waals surface area contributed by atoms with Crippen molar-refractivity contribution in [3.63, 3.8) is 0 Å². The van der Waals surface area contributed by atoms with E-state index in [0.29, 0.717) is 11.3 Å². The Labute approximate surface area is 102 Å². The molecule has 0 aliphatic heterocycles. The van der Waals surface area contributed by atoms with Crippen molar-refractivity contribution in [3.05, 3.63) is 12.4 Å². The summed E-state index contributed by atoms with van der Waals surface area (Å²) in [7, 11) is 2.05. The van der Waals surface area contributed by atoms with Gasteiger partial charge in [0, 0.05) is 30.7 Å².